The number of hydrogen-bond acceptors (Lipinski definition) is 3. The van der Waals surface area contributed by atoms with Gasteiger partial charge in [0.2, 0.25) is 0 Å². The monoisotopic (exact) mass is 572 g/mol. The number of aromatic nitrogens is 4. The molecule has 5 heterocycles. The molecule has 6 heteroatoms. The van der Waals surface area contributed by atoms with Crippen LogP contribution in [0.3, 0.4) is 0 Å². The first-order valence-electron chi connectivity index (χ1n) is 13.6. The molecule has 4 aromatic carbocycles. The van der Waals surface area contributed by atoms with Crippen LogP contribution in [-0.2, 0) is 23.7 Å². The second-order valence-electron chi connectivity index (χ2n) is 10.3. The topological polar surface area (TPSA) is 71.1 Å². The Kier molecular flexibility index (Phi) is 5.81. The van der Waals surface area contributed by atoms with Gasteiger partial charge in [-0.15, -0.1) is 22.1 Å². The molecule has 0 N–H and O–H groups in total. The van der Waals surface area contributed by atoms with Gasteiger partial charge in [0.1, 0.15) is 0 Å². The van der Waals surface area contributed by atoms with Crippen molar-refractivity contribution in [1.82, 2.24) is 19.9 Å². The van der Waals surface area contributed by atoms with E-state index in [4.69, 9.17) is 23.3 Å². The van der Waals surface area contributed by atoms with Gasteiger partial charge in [-0.25, -0.2) is 9.97 Å². The Morgan fingerprint density at radius 3 is 0.881 bits per heavy atom. The van der Waals surface area contributed by atoms with Crippen LogP contribution in [0.5, 0.6) is 0 Å². The third kappa shape index (κ3) is 3.82. The van der Waals surface area contributed by atoms with Crippen LogP contribution in [0.15, 0.2) is 121 Å². The quantitative estimate of drug-likeness (QED) is 0.171. The zero-order valence-corrected chi connectivity index (χ0v) is 23.8. The number of fused-ring (bicyclic) bond motifs is 20. The summed E-state index contributed by atoms with van der Waals surface area (Å²) in [6, 6.07) is 42.1. The largest absolute Gasteiger partial charge is 0.657 e. The maximum absolute atomic E-state index is 8.25. The summed E-state index contributed by atoms with van der Waals surface area (Å²) in [6.07, 6.45) is 0. The molecule has 0 aliphatic carbocycles. The zero-order chi connectivity index (χ0) is 28.2. The van der Waals surface area contributed by atoms with Gasteiger partial charge in [0, 0.05) is 22.3 Å². The van der Waals surface area contributed by atoms with Crippen LogP contribution in [0, 0.1) is 0 Å². The first kappa shape index (κ1) is 24.8. The van der Waals surface area contributed by atoms with Crippen molar-refractivity contribution in [1.29, 1.82) is 0 Å². The Balaban J connectivity index is 0.00000131. The number of nitrogens with zero attached hydrogens (tertiary/aromatic N) is 4. The van der Waals surface area contributed by atoms with Crippen molar-refractivity contribution in [2.75, 3.05) is 0 Å². The molecule has 3 aromatic heterocycles. The fraction of sp³-hybridized carbons (Fsp3) is 0. The predicted octanol–water partition coefficient (Wildman–Crippen LogP) is 8.43. The summed E-state index contributed by atoms with van der Waals surface area (Å²) in [5.74, 6) is 0. The van der Waals surface area contributed by atoms with Gasteiger partial charge in [0.15, 0.2) is 0 Å². The molecule has 2 aliphatic rings. The van der Waals surface area contributed by atoms with Crippen LogP contribution in [0.4, 0.5) is 0 Å². The zero-order valence-electron chi connectivity index (χ0n) is 22.2. The van der Waals surface area contributed by atoms with E-state index in [1.54, 1.807) is 0 Å². The van der Waals surface area contributed by atoms with Crippen LogP contribution in [0.2, 0.25) is 0 Å². The van der Waals surface area contributed by atoms with E-state index < -0.39 is 0 Å². The average molecular weight is 572 g/mol. The summed E-state index contributed by atoms with van der Waals surface area (Å²) in [6.45, 7) is 0. The van der Waals surface area contributed by atoms with Crippen LogP contribution < -0.4 is 9.97 Å². The first-order valence-corrected chi connectivity index (χ1v) is 14.2. The molecule has 8 bridgehead atoms. The van der Waals surface area contributed by atoms with E-state index in [2.05, 4.69) is 121 Å². The molecule has 5 nitrogen and oxygen atoms in total. The van der Waals surface area contributed by atoms with E-state index in [0.29, 0.717) is 0 Å². The minimum Gasteiger partial charge on any atom is -0.657 e. The average Bonchev–Trinajstić information content (AvgIpc) is 3.78. The molecule has 9 rings (SSSR count). The summed E-state index contributed by atoms with van der Waals surface area (Å²) in [7, 11) is 0. The van der Waals surface area contributed by atoms with E-state index in [0.717, 1.165) is 109 Å². The molecule has 0 amide bonds. The van der Waals surface area contributed by atoms with Gasteiger partial charge in [-0.1, -0.05) is 97.1 Å². The summed E-state index contributed by atoms with van der Waals surface area (Å²) >= 11 is 0.750. The molecule has 0 fully saturated rings. The third-order valence-corrected chi connectivity index (χ3v) is 7.97. The minimum atomic E-state index is 0.750. The van der Waals surface area contributed by atoms with Crippen LogP contribution >= 0.6 is 0 Å². The summed E-state index contributed by atoms with van der Waals surface area (Å²) in [4.78, 5) is 20.5. The van der Waals surface area contributed by atoms with Crippen molar-refractivity contribution < 1.29 is 23.7 Å². The third-order valence-electron chi connectivity index (χ3n) is 7.97. The molecule has 0 spiro atoms. The molecular weight excluding hydrogens is 552 g/mol. The smallest absolute Gasteiger partial charge is 0.0704 e. The molecule has 7 aromatic rings. The van der Waals surface area contributed by atoms with Gasteiger partial charge >= 0.3 is 23.7 Å². The van der Waals surface area contributed by atoms with Gasteiger partial charge in [-0.3, -0.25) is 0 Å². The van der Waals surface area contributed by atoms with Gasteiger partial charge < -0.3 is 9.97 Å². The number of benzene rings is 4. The predicted molar refractivity (Wildman–Crippen MR) is 163 cm³/mol. The fourth-order valence-electron chi connectivity index (χ4n) is 6.12. The molecule has 0 unspecified atom stereocenters. The van der Waals surface area contributed by atoms with Crippen molar-refractivity contribution in [3.05, 3.63) is 121 Å². The maximum atomic E-state index is 8.25. The van der Waals surface area contributed by atoms with Crippen molar-refractivity contribution in [2.24, 2.45) is 0 Å². The fourth-order valence-corrected chi connectivity index (χ4v) is 6.12. The number of rotatable bonds is 0. The molecular formula is C36H20N4OTi. The van der Waals surface area contributed by atoms with Crippen LogP contribution in [0.1, 0.15) is 0 Å². The van der Waals surface area contributed by atoms with Crippen molar-refractivity contribution in [3.63, 3.8) is 0 Å². The first-order chi connectivity index (χ1) is 20.8. The summed E-state index contributed by atoms with van der Waals surface area (Å²) < 4.78 is 8.25. The second-order valence-corrected chi connectivity index (χ2v) is 10.3. The molecule has 0 saturated heterocycles. The van der Waals surface area contributed by atoms with Crippen LogP contribution in [0.25, 0.3) is 88.6 Å². The summed E-state index contributed by atoms with van der Waals surface area (Å²) in [5.41, 5.74) is 11.7. The van der Waals surface area contributed by atoms with E-state index in [1.807, 2.05) is 0 Å². The molecule has 42 heavy (non-hydrogen) atoms. The van der Waals surface area contributed by atoms with E-state index in [-0.39, 0.29) is 0 Å². The molecule has 0 radical (unpaired) electrons. The number of hydrogen-bond donors (Lipinski definition) is 0. The van der Waals surface area contributed by atoms with E-state index >= 15 is 0 Å². The normalized spacial score (nSPS) is 11.6. The van der Waals surface area contributed by atoms with Crippen LogP contribution in [-0.4, -0.2) is 9.97 Å². The molecule has 0 atom stereocenters. The Morgan fingerprint density at radius 1 is 0.381 bits per heavy atom. The standard InChI is InChI=1S/C36H20N4.O.Ti/c1-2-10-22-21(9-1)29-17-31-23-11-3-4-12-24(23)33(38-31)19-35-27-15-7-8-16-28(27)36(40-35)20-34-26-14-6-5-13-25(26)32(39-34)18-30(22)37-29;;/h1-20H;;/q-2;;+2. The van der Waals surface area contributed by atoms with Gasteiger partial charge in [-0.05, 0) is 45.8 Å². The Bertz CT molecular complexity index is 2050. The second kappa shape index (κ2) is 9.84. The van der Waals surface area contributed by atoms with Gasteiger partial charge in [-0.2, -0.15) is 0 Å². The molecule has 2 aliphatic heterocycles. The SMILES string of the molecule is [O]=[Ti+2].c1ccc2c(c1)-c1cc3[n-]c(cc4nc(cc5[n-]c(cc-2n1)c1ccccc51)-c1ccccc1-4)c1ccccc31. The van der Waals surface area contributed by atoms with E-state index in [9.17, 15) is 0 Å². The molecule has 194 valence electrons. The van der Waals surface area contributed by atoms with Crippen molar-refractivity contribution in [3.8, 4) is 45.0 Å². The van der Waals surface area contributed by atoms with Gasteiger partial charge in [0.25, 0.3) is 0 Å². The van der Waals surface area contributed by atoms with Gasteiger partial charge in [0.05, 0.1) is 22.8 Å². The van der Waals surface area contributed by atoms with Crippen molar-refractivity contribution in [2.45, 2.75) is 0 Å². The molecule has 0 saturated carbocycles. The Hall–Kier alpha value is -4.97. The minimum absolute atomic E-state index is 0.750. The Morgan fingerprint density at radius 2 is 0.619 bits per heavy atom. The Labute approximate surface area is 252 Å². The van der Waals surface area contributed by atoms with E-state index in [1.165, 1.54) is 0 Å². The van der Waals surface area contributed by atoms with Crippen molar-refractivity contribution >= 4 is 43.6 Å². The maximum Gasteiger partial charge on any atom is 0.0704 e. The summed E-state index contributed by atoms with van der Waals surface area (Å²) in [5, 5.41) is 4.41.